The van der Waals surface area contributed by atoms with Crippen molar-refractivity contribution < 1.29 is 0 Å². The van der Waals surface area contributed by atoms with Crippen LogP contribution in [-0.2, 0) is 13.1 Å². The summed E-state index contributed by atoms with van der Waals surface area (Å²) in [6.45, 7) is 1.22. The molecular weight excluding hydrogens is 214 g/mol. The summed E-state index contributed by atoms with van der Waals surface area (Å²) in [6.07, 6.45) is 3.72. The van der Waals surface area contributed by atoms with E-state index < -0.39 is 0 Å². The van der Waals surface area contributed by atoms with Gasteiger partial charge >= 0.3 is 0 Å². The Balaban J connectivity index is 2.01. The third kappa shape index (κ3) is 3.34. The quantitative estimate of drug-likeness (QED) is 0.598. The van der Waals surface area contributed by atoms with E-state index >= 15 is 0 Å². The Hall–Kier alpha value is -2.30. The highest BCUT2D eigenvalue weighted by molar-refractivity contribution is 5.75. The number of aliphatic imine (C=N–C) groups is 1. The number of hydrogen-bond acceptors (Lipinski definition) is 2. The number of benzene rings is 1. The Bertz CT molecular complexity index is 497. The first-order chi connectivity index (χ1) is 8.24. The Kier molecular flexibility index (Phi) is 3.40. The highest BCUT2D eigenvalue weighted by Crippen LogP contribution is 2.04. The van der Waals surface area contributed by atoms with Gasteiger partial charge in [-0.2, -0.15) is 5.10 Å². The van der Waals surface area contributed by atoms with Gasteiger partial charge in [-0.25, -0.2) is 4.99 Å². The monoisotopic (exact) mass is 229 g/mol. The maximum Gasteiger partial charge on any atom is 0.186 e. The molecular formula is C12H15N5. The van der Waals surface area contributed by atoms with Gasteiger partial charge in [0.25, 0.3) is 0 Å². The van der Waals surface area contributed by atoms with Gasteiger partial charge in [-0.15, -0.1) is 0 Å². The van der Waals surface area contributed by atoms with Gasteiger partial charge in [0.15, 0.2) is 5.96 Å². The number of aromatic nitrogens is 2. The molecule has 5 nitrogen and oxygen atoms in total. The van der Waals surface area contributed by atoms with Crippen LogP contribution in [0.3, 0.4) is 0 Å². The van der Waals surface area contributed by atoms with Crippen LogP contribution in [0, 0.1) is 0 Å². The maximum absolute atomic E-state index is 5.27. The predicted octanol–water partition coefficient (Wildman–Crippen LogP) is 0.705. The van der Waals surface area contributed by atoms with Crippen molar-refractivity contribution in [3.05, 3.63) is 53.9 Å². The largest absolute Gasteiger partial charge is 0.370 e. The molecule has 2 aromatic rings. The van der Waals surface area contributed by atoms with Crippen molar-refractivity contribution in [2.45, 2.75) is 13.1 Å². The third-order valence-electron chi connectivity index (χ3n) is 2.32. The molecule has 0 saturated carbocycles. The van der Waals surface area contributed by atoms with Gasteiger partial charge in [0.2, 0.25) is 0 Å². The summed E-state index contributed by atoms with van der Waals surface area (Å²) in [6, 6.07) is 10.2. The second-order valence-electron chi connectivity index (χ2n) is 3.77. The van der Waals surface area contributed by atoms with E-state index in [4.69, 9.17) is 11.5 Å². The average Bonchev–Trinajstić information content (AvgIpc) is 2.75. The minimum Gasteiger partial charge on any atom is -0.370 e. The lowest BCUT2D eigenvalue weighted by Gasteiger charge is -2.00. The fourth-order valence-corrected chi connectivity index (χ4v) is 1.53. The van der Waals surface area contributed by atoms with Crippen molar-refractivity contribution in [1.82, 2.24) is 9.78 Å². The van der Waals surface area contributed by atoms with Gasteiger partial charge in [-0.1, -0.05) is 30.3 Å². The van der Waals surface area contributed by atoms with Gasteiger partial charge in [-0.05, 0) is 5.56 Å². The molecule has 0 saturated heterocycles. The first-order valence-corrected chi connectivity index (χ1v) is 5.34. The van der Waals surface area contributed by atoms with Crippen molar-refractivity contribution in [2.75, 3.05) is 0 Å². The van der Waals surface area contributed by atoms with E-state index in [9.17, 15) is 0 Å². The van der Waals surface area contributed by atoms with Crippen LogP contribution in [0.4, 0.5) is 0 Å². The standard InChI is InChI=1S/C12H15N5/c13-12(14)15-6-11-7-16-17(9-11)8-10-4-2-1-3-5-10/h1-5,7,9H,6,8H2,(H4,13,14,15). The number of hydrogen-bond donors (Lipinski definition) is 2. The van der Waals surface area contributed by atoms with E-state index in [0.717, 1.165) is 12.1 Å². The van der Waals surface area contributed by atoms with E-state index in [1.807, 2.05) is 29.1 Å². The lowest BCUT2D eigenvalue weighted by atomic mass is 10.2. The van der Waals surface area contributed by atoms with Crippen LogP contribution in [-0.4, -0.2) is 15.7 Å². The summed E-state index contributed by atoms with van der Waals surface area (Å²) in [5.74, 6) is 0.0980. The molecule has 4 N–H and O–H groups in total. The molecule has 0 amide bonds. The van der Waals surface area contributed by atoms with E-state index in [-0.39, 0.29) is 5.96 Å². The van der Waals surface area contributed by atoms with Crippen molar-refractivity contribution in [1.29, 1.82) is 0 Å². The van der Waals surface area contributed by atoms with E-state index in [2.05, 4.69) is 22.2 Å². The Morgan fingerprint density at radius 1 is 1.18 bits per heavy atom. The summed E-state index contributed by atoms with van der Waals surface area (Å²) >= 11 is 0. The van der Waals surface area contributed by atoms with Crippen LogP contribution in [0.2, 0.25) is 0 Å². The lowest BCUT2D eigenvalue weighted by Crippen LogP contribution is -2.22. The van der Waals surface area contributed by atoms with E-state index in [1.54, 1.807) is 6.20 Å². The summed E-state index contributed by atoms with van der Waals surface area (Å²) in [5.41, 5.74) is 12.7. The zero-order chi connectivity index (χ0) is 12.1. The molecule has 0 unspecified atom stereocenters. The number of nitrogens with two attached hydrogens (primary N) is 2. The number of guanidine groups is 1. The molecule has 88 valence electrons. The van der Waals surface area contributed by atoms with Gasteiger partial charge in [0, 0.05) is 11.8 Å². The van der Waals surface area contributed by atoms with E-state index in [1.165, 1.54) is 5.56 Å². The Labute approximate surface area is 99.8 Å². The normalized spacial score (nSPS) is 10.1. The molecule has 1 aromatic heterocycles. The van der Waals surface area contributed by atoms with Crippen LogP contribution >= 0.6 is 0 Å². The number of nitrogens with zero attached hydrogens (tertiary/aromatic N) is 3. The zero-order valence-corrected chi connectivity index (χ0v) is 9.45. The highest BCUT2D eigenvalue weighted by atomic mass is 15.3. The molecule has 0 spiro atoms. The molecule has 0 aliphatic heterocycles. The Morgan fingerprint density at radius 2 is 1.94 bits per heavy atom. The van der Waals surface area contributed by atoms with Crippen LogP contribution < -0.4 is 11.5 Å². The molecule has 0 aliphatic carbocycles. The van der Waals surface area contributed by atoms with Gasteiger partial charge in [0.05, 0.1) is 19.3 Å². The second-order valence-corrected chi connectivity index (χ2v) is 3.77. The van der Waals surface area contributed by atoms with Crippen LogP contribution in [0.25, 0.3) is 0 Å². The molecule has 1 aromatic carbocycles. The molecule has 0 aliphatic rings. The summed E-state index contributed by atoms with van der Waals surface area (Å²) in [7, 11) is 0. The summed E-state index contributed by atoms with van der Waals surface area (Å²) in [4.78, 5) is 3.93. The molecule has 0 bridgehead atoms. The zero-order valence-electron chi connectivity index (χ0n) is 9.45. The van der Waals surface area contributed by atoms with Gasteiger partial charge < -0.3 is 11.5 Å². The first kappa shape index (κ1) is 11.2. The fourth-order valence-electron chi connectivity index (χ4n) is 1.53. The second kappa shape index (κ2) is 5.16. The highest BCUT2D eigenvalue weighted by Gasteiger charge is 1.98. The molecule has 17 heavy (non-hydrogen) atoms. The Morgan fingerprint density at radius 3 is 2.65 bits per heavy atom. The van der Waals surface area contributed by atoms with E-state index in [0.29, 0.717) is 6.54 Å². The molecule has 0 radical (unpaired) electrons. The van der Waals surface area contributed by atoms with Crippen molar-refractivity contribution in [3.63, 3.8) is 0 Å². The van der Waals surface area contributed by atoms with Crippen LogP contribution in [0.5, 0.6) is 0 Å². The summed E-state index contributed by atoms with van der Waals surface area (Å²) in [5, 5.41) is 4.26. The first-order valence-electron chi connectivity index (χ1n) is 5.34. The number of rotatable bonds is 4. The smallest absolute Gasteiger partial charge is 0.186 e. The maximum atomic E-state index is 5.27. The summed E-state index contributed by atoms with van der Waals surface area (Å²) < 4.78 is 1.87. The molecule has 5 heteroatoms. The van der Waals surface area contributed by atoms with Gasteiger partial charge in [-0.3, -0.25) is 4.68 Å². The molecule has 0 atom stereocenters. The molecule has 2 rings (SSSR count). The van der Waals surface area contributed by atoms with Crippen LogP contribution in [0.15, 0.2) is 47.7 Å². The van der Waals surface area contributed by atoms with Crippen molar-refractivity contribution in [3.8, 4) is 0 Å². The fraction of sp³-hybridized carbons (Fsp3) is 0.167. The lowest BCUT2D eigenvalue weighted by molar-refractivity contribution is 0.686. The molecule has 1 heterocycles. The predicted molar refractivity (Wildman–Crippen MR) is 67.3 cm³/mol. The minimum atomic E-state index is 0.0980. The van der Waals surface area contributed by atoms with Crippen LogP contribution in [0.1, 0.15) is 11.1 Å². The minimum absolute atomic E-state index is 0.0980. The topological polar surface area (TPSA) is 82.2 Å². The average molecular weight is 229 g/mol. The molecule has 0 fully saturated rings. The van der Waals surface area contributed by atoms with Crippen molar-refractivity contribution >= 4 is 5.96 Å². The van der Waals surface area contributed by atoms with Gasteiger partial charge in [0.1, 0.15) is 0 Å². The SMILES string of the molecule is NC(N)=NCc1cnn(Cc2ccccc2)c1. The third-order valence-corrected chi connectivity index (χ3v) is 2.32. The van der Waals surface area contributed by atoms with Crippen molar-refractivity contribution in [2.24, 2.45) is 16.5 Å².